The van der Waals surface area contributed by atoms with E-state index in [4.69, 9.17) is 4.74 Å². The second-order valence-corrected chi connectivity index (χ2v) is 11.5. The van der Waals surface area contributed by atoms with E-state index in [1.165, 1.54) is 0 Å². The molecule has 10 heteroatoms. The van der Waals surface area contributed by atoms with E-state index in [0.29, 0.717) is 25.2 Å². The number of aromatic amines is 1. The van der Waals surface area contributed by atoms with Gasteiger partial charge in [-0.25, -0.2) is 0 Å². The highest BCUT2D eigenvalue weighted by atomic mass is 16.5. The van der Waals surface area contributed by atoms with Crippen LogP contribution in [0.3, 0.4) is 0 Å². The maximum atomic E-state index is 13.2. The molecule has 0 bridgehead atoms. The fraction of sp³-hybridized carbons (Fsp3) is 0.353. The van der Waals surface area contributed by atoms with Crippen LogP contribution in [0.2, 0.25) is 0 Å². The zero-order valence-electron chi connectivity index (χ0n) is 24.4. The average Bonchev–Trinajstić information content (AvgIpc) is 3.51. The quantitative estimate of drug-likeness (QED) is 0.163. The second-order valence-electron chi connectivity index (χ2n) is 11.5. The Balaban J connectivity index is 0.894. The molecule has 2 aliphatic heterocycles. The van der Waals surface area contributed by atoms with Gasteiger partial charge in [0, 0.05) is 53.5 Å². The molecule has 1 saturated heterocycles. The van der Waals surface area contributed by atoms with Crippen molar-refractivity contribution in [1.82, 2.24) is 20.2 Å². The van der Waals surface area contributed by atoms with Gasteiger partial charge in [-0.15, -0.1) is 0 Å². The minimum Gasteiger partial charge on any atom is -0.493 e. The van der Waals surface area contributed by atoms with Crippen molar-refractivity contribution in [3.63, 3.8) is 0 Å². The van der Waals surface area contributed by atoms with Crippen LogP contribution in [0.15, 0.2) is 54.9 Å². The largest absolute Gasteiger partial charge is 0.493 e. The van der Waals surface area contributed by atoms with Gasteiger partial charge in [0.05, 0.1) is 17.7 Å². The Hall–Kier alpha value is -4.86. The predicted molar refractivity (Wildman–Crippen MR) is 163 cm³/mol. The Labute approximate surface area is 254 Å². The lowest BCUT2D eigenvalue weighted by atomic mass is 10.0. The molecule has 0 saturated carbocycles. The molecule has 2 aliphatic rings. The summed E-state index contributed by atoms with van der Waals surface area (Å²) in [7, 11) is 0. The van der Waals surface area contributed by atoms with Crippen molar-refractivity contribution in [2.45, 2.75) is 70.3 Å². The molecule has 0 spiro atoms. The third-order valence-electron chi connectivity index (χ3n) is 8.44. The van der Waals surface area contributed by atoms with Crippen molar-refractivity contribution >= 4 is 51.2 Å². The minimum absolute atomic E-state index is 0.0722. The number of H-pyrrole nitrogens is 1. The van der Waals surface area contributed by atoms with Crippen molar-refractivity contribution in [2.24, 2.45) is 0 Å². The predicted octanol–water partition coefficient (Wildman–Crippen LogP) is 5.04. The number of unbranched alkanes of at least 4 members (excludes halogenated alkanes) is 4. The van der Waals surface area contributed by atoms with E-state index < -0.39 is 29.7 Å². The summed E-state index contributed by atoms with van der Waals surface area (Å²) in [5.74, 6) is -1.57. The number of ether oxygens (including phenoxy) is 1. The molecule has 0 radical (unpaired) electrons. The normalized spacial score (nSPS) is 16.5. The number of nitrogens with zero attached hydrogens (tertiary/aromatic N) is 2. The maximum Gasteiger partial charge on any atom is 0.266 e. The Morgan fingerprint density at radius 1 is 0.909 bits per heavy atom. The summed E-state index contributed by atoms with van der Waals surface area (Å²) in [5.41, 5.74) is 3.64. The summed E-state index contributed by atoms with van der Waals surface area (Å²) in [6, 6.07) is 12.1. The van der Waals surface area contributed by atoms with Gasteiger partial charge >= 0.3 is 0 Å². The van der Waals surface area contributed by atoms with E-state index in [2.05, 4.69) is 33.5 Å². The van der Waals surface area contributed by atoms with Crippen molar-refractivity contribution < 1.29 is 28.7 Å². The Morgan fingerprint density at radius 3 is 2.61 bits per heavy atom. The molecule has 226 valence electrons. The van der Waals surface area contributed by atoms with Crippen LogP contribution in [0.1, 0.15) is 84.1 Å². The molecule has 2 aromatic carbocycles. The number of hydrogen-bond acceptors (Lipinski definition) is 7. The Kier molecular flexibility index (Phi) is 8.49. The third kappa shape index (κ3) is 5.97. The number of amides is 4. The summed E-state index contributed by atoms with van der Waals surface area (Å²) in [4.78, 5) is 71.0. The highest BCUT2D eigenvalue weighted by molar-refractivity contribution is 6.24. The van der Waals surface area contributed by atoms with Crippen LogP contribution in [-0.2, 0) is 20.8 Å². The number of fused-ring (bicyclic) bond motifs is 4. The number of Topliss-reactive ketones (excluding diaryl/α,β-unsaturated/α-hetero) is 1. The maximum absolute atomic E-state index is 13.2. The summed E-state index contributed by atoms with van der Waals surface area (Å²) >= 11 is 0. The highest BCUT2D eigenvalue weighted by Gasteiger charge is 2.46. The van der Waals surface area contributed by atoms with Crippen LogP contribution in [0.5, 0.6) is 5.75 Å². The number of rotatable bonds is 13. The van der Waals surface area contributed by atoms with Gasteiger partial charge in [0.15, 0.2) is 0 Å². The van der Waals surface area contributed by atoms with Gasteiger partial charge in [-0.2, -0.15) is 0 Å². The monoisotopic (exact) mass is 594 g/mol. The molecule has 1 fully saturated rings. The molecule has 6 rings (SSSR count). The van der Waals surface area contributed by atoms with Gasteiger partial charge in [0.2, 0.25) is 11.8 Å². The number of hydrogen-bond donors (Lipinski definition) is 2. The van der Waals surface area contributed by atoms with Crippen LogP contribution in [-0.4, -0.2) is 56.9 Å². The SMILES string of the molecule is O=C(CCCCCCCOc1cccc2c1C(=O)N(C1CCC(=O)NC1=O)C2=O)CCc1ccc2c(c1)[nH]c1ccncc12. The number of piperidine rings is 1. The van der Waals surface area contributed by atoms with E-state index in [1.54, 1.807) is 24.4 Å². The molecule has 10 nitrogen and oxygen atoms in total. The van der Waals surface area contributed by atoms with Gasteiger partial charge in [-0.1, -0.05) is 37.5 Å². The van der Waals surface area contributed by atoms with Crippen LogP contribution >= 0.6 is 0 Å². The van der Waals surface area contributed by atoms with E-state index >= 15 is 0 Å². The summed E-state index contributed by atoms with van der Waals surface area (Å²) < 4.78 is 5.90. The van der Waals surface area contributed by atoms with E-state index in [9.17, 15) is 24.0 Å². The molecule has 4 heterocycles. The van der Waals surface area contributed by atoms with Crippen molar-refractivity contribution in [3.8, 4) is 5.75 Å². The standard InChI is InChI=1S/C34H34N4O6/c39-22(12-10-21-11-13-23-25-20-35-17-16-26(25)36-27(23)19-21)7-4-2-1-3-5-18-44-29-9-6-8-24-31(29)34(43)38(33(24)42)28-14-15-30(40)37-32(28)41/h6,8-9,11,13,16-17,19-20,28,36H,1-5,7,10,12,14-15,18H2,(H,37,40,41). The summed E-state index contributed by atoms with van der Waals surface area (Å²) in [5, 5.41) is 4.45. The number of aromatic nitrogens is 2. The molecular formula is C34H34N4O6. The fourth-order valence-corrected chi connectivity index (χ4v) is 6.10. The fourth-order valence-electron chi connectivity index (χ4n) is 6.10. The Morgan fingerprint density at radius 2 is 1.75 bits per heavy atom. The molecule has 1 atom stereocenters. The summed E-state index contributed by atoms with van der Waals surface area (Å²) in [6.45, 7) is 0.381. The van der Waals surface area contributed by atoms with Gasteiger partial charge in [0.25, 0.3) is 11.8 Å². The second kappa shape index (κ2) is 12.8. The van der Waals surface area contributed by atoms with E-state index in [-0.39, 0.29) is 29.8 Å². The zero-order valence-corrected chi connectivity index (χ0v) is 24.4. The first-order valence-electron chi connectivity index (χ1n) is 15.2. The molecule has 44 heavy (non-hydrogen) atoms. The van der Waals surface area contributed by atoms with Gasteiger partial charge in [0.1, 0.15) is 17.6 Å². The zero-order chi connectivity index (χ0) is 30.6. The first-order valence-corrected chi connectivity index (χ1v) is 15.2. The van der Waals surface area contributed by atoms with Gasteiger partial charge < -0.3 is 9.72 Å². The average molecular weight is 595 g/mol. The number of nitrogens with one attached hydrogen (secondary N) is 2. The van der Waals surface area contributed by atoms with Gasteiger partial charge in [-0.05, 0) is 55.5 Å². The molecule has 0 aliphatic carbocycles. The van der Waals surface area contributed by atoms with E-state index in [1.807, 2.05) is 12.3 Å². The van der Waals surface area contributed by atoms with E-state index in [0.717, 1.165) is 70.8 Å². The van der Waals surface area contributed by atoms with Crippen LogP contribution in [0.4, 0.5) is 0 Å². The lowest BCUT2D eigenvalue weighted by Crippen LogP contribution is -2.54. The number of aryl methyl sites for hydroxylation is 1. The van der Waals surface area contributed by atoms with Crippen LogP contribution < -0.4 is 10.1 Å². The molecule has 4 amide bonds. The van der Waals surface area contributed by atoms with Crippen molar-refractivity contribution in [3.05, 3.63) is 71.5 Å². The highest BCUT2D eigenvalue weighted by Crippen LogP contribution is 2.34. The first-order chi connectivity index (χ1) is 21.4. The minimum atomic E-state index is -1.01. The summed E-state index contributed by atoms with van der Waals surface area (Å²) in [6.07, 6.45) is 10.1. The third-order valence-corrected chi connectivity index (χ3v) is 8.44. The number of benzene rings is 2. The molecule has 2 N–H and O–H groups in total. The Bertz CT molecular complexity index is 1780. The number of ketones is 1. The van der Waals surface area contributed by atoms with Crippen LogP contribution in [0.25, 0.3) is 21.8 Å². The number of pyridine rings is 1. The number of carbonyl (C=O) groups excluding carboxylic acids is 5. The van der Waals surface area contributed by atoms with Crippen molar-refractivity contribution in [1.29, 1.82) is 0 Å². The number of imide groups is 2. The smallest absolute Gasteiger partial charge is 0.266 e. The molecule has 4 aromatic rings. The lowest BCUT2D eigenvalue weighted by Gasteiger charge is -2.27. The van der Waals surface area contributed by atoms with Crippen molar-refractivity contribution in [2.75, 3.05) is 6.61 Å². The van der Waals surface area contributed by atoms with Gasteiger partial charge in [-0.3, -0.25) is 39.2 Å². The topological polar surface area (TPSA) is 139 Å². The lowest BCUT2D eigenvalue weighted by molar-refractivity contribution is -0.136. The first kappa shape index (κ1) is 29.2. The van der Waals surface area contributed by atoms with Crippen LogP contribution in [0, 0.1) is 0 Å². The molecule has 1 unspecified atom stereocenters. The molecular weight excluding hydrogens is 560 g/mol. The number of carbonyl (C=O) groups is 5. The molecule has 2 aromatic heterocycles.